The van der Waals surface area contributed by atoms with E-state index in [2.05, 4.69) is 15.2 Å². The Labute approximate surface area is 267 Å². The van der Waals surface area contributed by atoms with Crippen LogP contribution in [0.25, 0.3) is 33.2 Å². The van der Waals surface area contributed by atoms with Gasteiger partial charge < -0.3 is 25.0 Å². The molecule has 5 aromatic rings. The van der Waals surface area contributed by atoms with Crippen molar-refractivity contribution in [2.45, 2.75) is 37.3 Å². The molecule has 0 bridgehead atoms. The molecule has 1 aliphatic carbocycles. The molecule has 3 fully saturated rings. The number of fused-ring (bicyclic) bond motifs is 3. The van der Waals surface area contributed by atoms with Gasteiger partial charge in [-0.25, -0.2) is 23.8 Å². The van der Waals surface area contributed by atoms with Gasteiger partial charge in [0.25, 0.3) is 5.56 Å². The highest BCUT2D eigenvalue weighted by Crippen LogP contribution is 2.63. The summed E-state index contributed by atoms with van der Waals surface area (Å²) in [6.45, 7) is 2.00. The number of amides is 1. The third kappa shape index (κ3) is 4.53. The van der Waals surface area contributed by atoms with Gasteiger partial charge in [0, 0.05) is 54.2 Å². The van der Waals surface area contributed by atoms with Crippen LogP contribution in [0.4, 0.5) is 15.0 Å². The number of anilines is 1. The van der Waals surface area contributed by atoms with Crippen molar-refractivity contribution >= 4 is 45.4 Å². The molecule has 46 heavy (non-hydrogen) atoms. The average molecular weight is 644 g/mol. The Balaban J connectivity index is 1.18. The lowest BCUT2D eigenvalue weighted by Gasteiger charge is -2.27. The van der Waals surface area contributed by atoms with E-state index in [1.807, 2.05) is 0 Å². The molecular weight excluding hydrogens is 613 g/mol. The second-order valence-corrected chi connectivity index (χ2v) is 12.7. The first kappa shape index (κ1) is 28.9. The highest BCUT2D eigenvalue weighted by Gasteiger charge is 2.67. The van der Waals surface area contributed by atoms with E-state index in [0.717, 1.165) is 25.7 Å². The first-order valence-electron chi connectivity index (χ1n) is 15.5. The molecule has 2 aromatic carbocycles. The van der Waals surface area contributed by atoms with E-state index in [9.17, 15) is 14.7 Å². The maximum Gasteiger partial charge on any atom is 0.404 e. The van der Waals surface area contributed by atoms with Crippen molar-refractivity contribution in [1.29, 1.82) is 0 Å². The molecule has 0 spiro atoms. The first-order valence-corrected chi connectivity index (χ1v) is 15.9. The minimum Gasteiger partial charge on any atom is -0.465 e. The highest BCUT2D eigenvalue weighted by atomic mass is 35.5. The van der Waals surface area contributed by atoms with E-state index < -0.39 is 11.5 Å². The van der Waals surface area contributed by atoms with Gasteiger partial charge in [-0.1, -0.05) is 35.9 Å². The quantitative estimate of drug-likeness (QED) is 0.221. The van der Waals surface area contributed by atoms with Gasteiger partial charge in [0.05, 0.1) is 11.2 Å². The van der Waals surface area contributed by atoms with Crippen molar-refractivity contribution in [2.24, 2.45) is 11.8 Å². The monoisotopic (exact) mass is 643 g/mol. The molecule has 1 unspecified atom stereocenters. The standard InChI is InChI=1S/C33H31ClFN7O4/c34-27-18-10-12-36-31(43)19(18)8-9-20(27)28-29-30(42(40-28)26-7-3-4-14-46-26)39-25(15-37-29)41-13-11-21-23(16-41)33(21,17-38-32(44)45)22-5-1-2-6-24(22)35/h1-2,5-6,8-10,12,15,21,23,26,38H,3-4,7,11,13-14,16-17H2,(H,36,43)(H,44,45)/t21-,23+,26?,33-/m1/s1. The lowest BCUT2D eigenvalue weighted by atomic mass is 9.90. The number of piperidine rings is 1. The second kappa shape index (κ2) is 11.1. The molecule has 13 heteroatoms. The van der Waals surface area contributed by atoms with Crippen molar-refractivity contribution in [1.82, 2.24) is 30.0 Å². The molecule has 3 N–H and O–H groups in total. The van der Waals surface area contributed by atoms with Crippen molar-refractivity contribution in [3.8, 4) is 11.3 Å². The SMILES string of the molecule is O=C(O)NC[C@]1(c2ccccc2F)[C@@H]2CCN(c3cnc4c(-c5ccc6c(=O)[nH]ccc6c5Cl)nn(C5CCCCO5)c4n3)C[C@@H]21. The minimum atomic E-state index is -1.13. The predicted molar refractivity (Wildman–Crippen MR) is 171 cm³/mol. The molecule has 11 nitrogen and oxygen atoms in total. The zero-order valence-corrected chi connectivity index (χ0v) is 25.5. The Morgan fingerprint density at radius 3 is 2.83 bits per heavy atom. The number of benzene rings is 2. The molecule has 5 heterocycles. The van der Waals surface area contributed by atoms with Crippen LogP contribution in [0.3, 0.4) is 0 Å². The fourth-order valence-corrected chi connectivity index (χ4v) is 8.09. The van der Waals surface area contributed by atoms with Crippen LogP contribution in [0.15, 0.2) is 59.7 Å². The van der Waals surface area contributed by atoms with Crippen molar-refractivity contribution in [3.63, 3.8) is 0 Å². The van der Waals surface area contributed by atoms with Gasteiger partial charge in [0.15, 0.2) is 11.9 Å². The maximum absolute atomic E-state index is 15.1. The predicted octanol–water partition coefficient (Wildman–Crippen LogP) is 5.49. The van der Waals surface area contributed by atoms with E-state index in [4.69, 9.17) is 31.4 Å². The average Bonchev–Trinajstić information content (AvgIpc) is 3.56. The number of hydrogen-bond donors (Lipinski definition) is 3. The van der Waals surface area contributed by atoms with E-state index in [0.29, 0.717) is 69.3 Å². The third-order valence-corrected chi connectivity index (χ3v) is 10.4. The van der Waals surface area contributed by atoms with Gasteiger partial charge >= 0.3 is 6.09 Å². The van der Waals surface area contributed by atoms with Crippen LogP contribution in [0, 0.1) is 17.7 Å². The van der Waals surface area contributed by atoms with Gasteiger partial charge in [-0.2, -0.15) is 5.10 Å². The van der Waals surface area contributed by atoms with E-state index in [-0.39, 0.29) is 36.0 Å². The molecular formula is C33H31ClFN7O4. The molecule has 2 saturated heterocycles. The van der Waals surface area contributed by atoms with E-state index >= 15 is 4.39 Å². The van der Waals surface area contributed by atoms with Crippen molar-refractivity contribution in [2.75, 3.05) is 31.1 Å². The Kier molecular flexibility index (Phi) is 6.95. The summed E-state index contributed by atoms with van der Waals surface area (Å²) in [7, 11) is 0. The molecule has 1 saturated carbocycles. The third-order valence-electron chi connectivity index (χ3n) is 10.0. The van der Waals surface area contributed by atoms with E-state index in [1.165, 1.54) is 6.07 Å². The molecule has 3 aromatic heterocycles. The lowest BCUT2D eigenvalue weighted by molar-refractivity contribution is -0.0368. The first-order chi connectivity index (χ1) is 22.4. The summed E-state index contributed by atoms with van der Waals surface area (Å²) in [5, 5.41) is 18.4. The van der Waals surface area contributed by atoms with Crippen LogP contribution < -0.4 is 15.8 Å². The fourth-order valence-electron chi connectivity index (χ4n) is 7.77. The normalized spacial score (nSPS) is 24.2. The van der Waals surface area contributed by atoms with E-state index in [1.54, 1.807) is 53.5 Å². The van der Waals surface area contributed by atoms with Crippen LogP contribution in [0.1, 0.15) is 37.5 Å². The van der Waals surface area contributed by atoms with Gasteiger partial charge in [0.2, 0.25) is 0 Å². The Bertz CT molecular complexity index is 2060. The molecule has 1 amide bonds. The molecule has 236 valence electrons. The van der Waals surface area contributed by atoms with Crippen LogP contribution in [-0.4, -0.2) is 62.2 Å². The van der Waals surface area contributed by atoms with Crippen molar-refractivity contribution < 1.29 is 19.0 Å². The fraction of sp³-hybridized carbons (Fsp3) is 0.364. The summed E-state index contributed by atoms with van der Waals surface area (Å²) in [5.41, 5.74) is 2.02. The van der Waals surface area contributed by atoms with Gasteiger partial charge in [-0.15, -0.1) is 0 Å². The summed E-state index contributed by atoms with van der Waals surface area (Å²) in [6, 6.07) is 11.9. The summed E-state index contributed by atoms with van der Waals surface area (Å²) >= 11 is 6.89. The van der Waals surface area contributed by atoms with Gasteiger partial charge in [-0.05, 0) is 61.3 Å². The number of nitrogens with one attached hydrogen (secondary N) is 2. The Morgan fingerprint density at radius 2 is 2.02 bits per heavy atom. The summed E-state index contributed by atoms with van der Waals surface area (Å²) in [6.07, 6.45) is 5.34. The van der Waals surface area contributed by atoms with Crippen LogP contribution in [-0.2, 0) is 10.2 Å². The lowest BCUT2D eigenvalue weighted by Crippen LogP contribution is -2.35. The maximum atomic E-state index is 15.1. The number of hydrogen-bond acceptors (Lipinski definition) is 7. The Morgan fingerprint density at radius 1 is 1.15 bits per heavy atom. The van der Waals surface area contributed by atoms with Gasteiger partial charge in [-0.3, -0.25) is 4.79 Å². The second-order valence-electron chi connectivity index (χ2n) is 12.3. The zero-order chi connectivity index (χ0) is 31.6. The number of carbonyl (C=O) groups is 1. The molecule has 4 atom stereocenters. The van der Waals surface area contributed by atoms with Crippen LogP contribution in [0.2, 0.25) is 5.02 Å². The van der Waals surface area contributed by atoms with Crippen LogP contribution >= 0.6 is 11.6 Å². The number of ether oxygens (including phenoxy) is 1. The molecule has 2 aliphatic heterocycles. The number of halogens is 2. The number of H-pyrrole nitrogens is 1. The van der Waals surface area contributed by atoms with Crippen molar-refractivity contribution in [3.05, 3.63) is 81.6 Å². The summed E-state index contributed by atoms with van der Waals surface area (Å²) < 4.78 is 23.0. The van der Waals surface area contributed by atoms with Gasteiger partial charge in [0.1, 0.15) is 22.8 Å². The number of rotatable bonds is 6. The molecule has 0 radical (unpaired) electrons. The minimum absolute atomic E-state index is 0.0317. The highest BCUT2D eigenvalue weighted by molar-refractivity contribution is 6.38. The summed E-state index contributed by atoms with van der Waals surface area (Å²) in [5.74, 6) is 0.507. The van der Waals surface area contributed by atoms with Crippen LogP contribution in [0.5, 0.6) is 0 Å². The largest absolute Gasteiger partial charge is 0.465 e. The number of aromatic nitrogens is 5. The molecule has 3 aliphatic rings. The Hall–Kier alpha value is -4.55. The number of nitrogens with zero attached hydrogens (tertiary/aromatic N) is 5. The molecule has 8 rings (SSSR count). The number of pyridine rings is 1. The summed E-state index contributed by atoms with van der Waals surface area (Å²) in [4.78, 5) is 38.7. The topological polar surface area (TPSA) is 138 Å². The number of carboxylic acid groups (broad SMARTS) is 1. The smallest absolute Gasteiger partial charge is 0.404 e. The number of aromatic amines is 1. The zero-order valence-electron chi connectivity index (χ0n) is 24.7.